The molecular formula is C38H54Cl2Zr. The fraction of sp³-hybridized carbons (Fsp3) is 0.553. The zero-order chi connectivity index (χ0) is 29.2. The van der Waals surface area contributed by atoms with Gasteiger partial charge in [0.15, 0.2) is 0 Å². The Kier molecular flexibility index (Phi) is 11.3. The van der Waals surface area contributed by atoms with E-state index < -0.39 is 21.3 Å². The van der Waals surface area contributed by atoms with Crippen LogP contribution in [0.25, 0.3) is 11.1 Å². The molecule has 0 saturated carbocycles. The Morgan fingerprint density at radius 2 is 1.37 bits per heavy atom. The quantitative estimate of drug-likeness (QED) is 0.390. The van der Waals surface area contributed by atoms with Gasteiger partial charge in [-0.15, -0.1) is 0 Å². The van der Waals surface area contributed by atoms with Gasteiger partial charge in [0.1, 0.15) is 0 Å². The predicted octanol–water partition coefficient (Wildman–Crippen LogP) is 4.22. The van der Waals surface area contributed by atoms with Crippen LogP contribution < -0.4 is 28.1 Å². The van der Waals surface area contributed by atoms with E-state index in [-0.39, 0.29) is 41.1 Å². The molecule has 0 saturated heterocycles. The van der Waals surface area contributed by atoms with Gasteiger partial charge in [-0.3, -0.25) is 0 Å². The van der Waals surface area contributed by atoms with Gasteiger partial charge in [-0.2, -0.15) is 0 Å². The Morgan fingerprint density at radius 1 is 0.805 bits per heavy atom. The molecule has 0 bridgehead atoms. The Labute approximate surface area is 272 Å². The van der Waals surface area contributed by atoms with Gasteiger partial charge in [0.2, 0.25) is 0 Å². The number of benzene rings is 2. The van der Waals surface area contributed by atoms with Gasteiger partial charge in [0.05, 0.1) is 0 Å². The summed E-state index contributed by atoms with van der Waals surface area (Å²) in [5, 5.41) is 0. The summed E-state index contributed by atoms with van der Waals surface area (Å²) < 4.78 is 5.33. The number of aryl methyl sites for hydroxylation is 1. The molecule has 0 amide bonds. The molecule has 2 aromatic rings. The fourth-order valence-corrected chi connectivity index (χ4v) is 15.2. The molecule has 1 unspecified atom stereocenters. The molecular weight excluding hydrogens is 619 g/mol. The van der Waals surface area contributed by atoms with E-state index in [4.69, 9.17) is 0 Å². The summed E-state index contributed by atoms with van der Waals surface area (Å²) in [4.78, 5) is 0. The predicted molar refractivity (Wildman–Crippen MR) is 172 cm³/mol. The zero-order valence-corrected chi connectivity index (χ0v) is 32.3. The monoisotopic (exact) mass is 670 g/mol. The molecule has 2 aliphatic rings. The average molecular weight is 673 g/mol. The maximum Gasteiger partial charge on any atom is -1.00 e. The second-order valence-electron chi connectivity index (χ2n) is 15.7. The van der Waals surface area contributed by atoms with Crippen LogP contribution in [0.3, 0.4) is 0 Å². The molecule has 2 aliphatic carbocycles. The van der Waals surface area contributed by atoms with E-state index in [9.17, 15) is 0 Å². The van der Waals surface area contributed by atoms with Crippen LogP contribution in [-0.4, -0.2) is 3.21 Å². The van der Waals surface area contributed by atoms with E-state index in [1.54, 1.807) is 28.7 Å². The van der Waals surface area contributed by atoms with Crippen LogP contribution in [0.2, 0.25) is 0 Å². The molecule has 0 radical (unpaired) electrons. The van der Waals surface area contributed by atoms with Crippen LogP contribution in [0.5, 0.6) is 0 Å². The van der Waals surface area contributed by atoms with Crippen molar-refractivity contribution in [2.24, 2.45) is 11.3 Å². The van der Waals surface area contributed by atoms with Gasteiger partial charge in [0, 0.05) is 0 Å². The van der Waals surface area contributed by atoms with Crippen LogP contribution in [0.1, 0.15) is 129 Å². The first-order valence-electron chi connectivity index (χ1n) is 15.3. The van der Waals surface area contributed by atoms with Gasteiger partial charge in [-0.1, -0.05) is 0 Å². The van der Waals surface area contributed by atoms with E-state index in [0.29, 0.717) is 5.92 Å². The van der Waals surface area contributed by atoms with Crippen molar-refractivity contribution in [1.82, 2.24) is 0 Å². The number of allylic oxidation sites excluding steroid dienone is 4. The SMILES string of the molecule is CCCC1C=C(C(C)(C)C)C=[C]1[Zr+2](=[C](C)C)[c]1c(C)c(C(C)(C)C)cc2c1Cc1cc(C)c(C(C)(C)C)cc1-2.[Cl-].[Cl-]. The summed E-state index contributed by atoms with van der Waals surface area (Å²) in [7, 11) is 0. The van der Waals surface area contributed by atoms with Crippen LogP contribution in [0.4, 0.5) is 0 Å². The maximum absolute atomic E-state index is 2.68. The average Bonchev–Trinajstić information content (AvgIpc) is 3.34. The Balaban J connectivity index is 0.00000294. The maximum atomic E-state index is 2.68. The van der Waals surface area contributed by atoms with E-state index in [0.717, 1.165) is 6.42 Å². The first-order chi connectivity index (χ1) is 17.9. The van der Waals surface area contributed by atoms with Gasteiger partial charge in [-0.25, -0.2) is 0 Å². The third-order valence-electron chi connectivity index (χ3n) is 9.01. The van der Waals surface area contributed by atoms with Crippen molar-refractivity contribution in [2.75, 3.05) is 0 Å². The van der Waals surface area contributed by atoms with Crippen molar-refractivity contribution in [2.45, 2.75) is 127 Å². The van der Waals surface area contributed by atoms with Crippen LogP contribution in [-0.2, 0) is 38.5 Å². The molecule has 0 aromatic heterocycles. The van der Waals surface area contributed by atoms with Crippen molar-refractivity contribution in [3.05, 3.63) is 72.6 Å². The Bertz CT molecular complexity index is 1410. The van der Waals surface area contributed by atoms with Crippen LogP contribution in [0.15, 0.2) is 39.2 Å². The number of rotatable bonds is 4. The molecule has 0 nitrogen and oxygen atoms in total. The van der Waals surface area contributed by atoms with Crippen molar-refractivity contribution in [3.63, 3.8) is 0 Å². The fourth-order valence-electron chi connectivity index (χ4n) is 7.13. The molecule has 0 aliphatic heterocycles. The second kappa shape index (κ2) is 12.7. The van der Waals surface area contributed by atoms with E-state index in [1.807, 2.05) is 3.28 Å². The normalized spacial score (nSPS) is 16.1. The smallest absolute Gasteiger partial charge is 1.00 e. The summed E-state index contributed by atoms with van der Waals surface area (Å²) in [6, 6.07) is 7.67. The number of hydrogen-bond donors (Lipinski definition) is 0. The summed E-state index contributed by atoms with van der Waals surface area (Å²) >= 11 is -2.36. The molecule has 4 rings (SSSR count). The number of fused-ring (bicyclic) bond motifs is 3. The summed E-state index contributed by atoms with van der Waals surface area (Å²) in [6.45, 7) is 33.6. The van der Waals surface area contributed by atoms with E-state index in [1.165, 1.54) is 40.7 Å². The first-order valence-corrected chi connectivity index (χ1v) is 19.0. The van der Waals surface area contributed by atoms with Gasteiger partial charge in [0.25, 0.3) is 0 Å². The number of hydrogen-bond acceptors (Lipinski definition) is 0. The molecule has 3 heteroatoms. The van der Waals surface area contributed by atoms with Crippen molar-refractivity contribution < 1.29 is 46.1 Å². The van der Waals surface area contributed by atoms with Crippen LogP contribution in [0, 0.1) is 25.2 Å². The summed E-state index contributed by atoms with van der Waals surface area (Å²) in [6.07, 6.45) is 8.95. The van der Waals surface area contributed by atoms with Gasteiger partial charge in [-0.05, 0) is 0 Å². The summed E-state index contributed by atoms with van der Waals surface area (Å²) in [5.74, 6) is 0.611. The Morgan fingerprint density at radius 3 is 1.85 bits per heavy atom. The Hall–Kier alpha value is -0.747. The molecule has 0 fully saturated rings. The molecule has 0 N–H and O–H groups in total. The molecule has 0 spiro atoms. The van der Waals surface area contributed by atoms with E-state index in [2.05, 4.69) is 127 Å². The molecule has 224 valence electrons. The largest absolute Gasteiger partial charge is 1.00 e. The van der Waals surface area contributed by atoms with Gasteiger partial charge >= 0.3 is 250 Å². The minimum Gasteiger partial charge on any atom is -1.00 e. The third kappa shape index (κ3) is 6.99. The second-order valence-corrected chi connectivity index (χ2v) is 22.6. The van der Waals surface area contributed by atoms with Crippen molar-refractivity contribution in [3.8, 4) is 11.1 Å². The molecule has 0 heterocycles. The minimum atomic E-state index is -2.36. The molecule has 2 aromatic carbocycles. The molecule has 41 heavy (non-hydrogen) atoms. The van der Waals surface area contributed by atoms with Crippen LogP contribution >= 0.6 is 0 Å². The minimum absolute atomic E-state index is 0. The van der Waals surface area contributed by atoms with Crippen molar-refractivity contribution >= 4 is 6.48 Å². The molecule has 1 atom stereocenters. The standard InChI is InChI=1S/C23H29.C12H19.C3H6.2ClH.Zr/c1-14-9-16-11-17-10-15(2)21(23(6,7)8)13-19(17)18(16)12-20(14)22(3,4)5;1-5-6-10-7-8-11(9-10)12(2,3)4;1-3-2;;;/h9,12-13H,11H2,1-8H3;8-10H,5-6H2,1-4H3;1-2H3;2*1H;/q;;;;;+2/p-2. The van der Waals surface area contributed by atoms with Gasteiger partial charge < -0.3 is 24.8 Å². The first kappa shape index (κ1) is 36.4. The number of halogens is 2. The third-order valence-corrected chi connectivity index (χ3v) is 17.0. The topological polar surface area (TPSA) is 0 Å². The summed E-state index contributed by atoms with van der Waals surface area (Å²) in [5.41, 5.74) is 14.4. The van der Waals surface area contributed by atoms with E-state index >= 15 is 0 Å². The van der Waals surface area contributed by atoms with Crippen molar-refractivity contribution in [1.29, 1.82) is 0 Å². The zero-order valence-electron chi connectivity index (χ0n) is 28.3.